The molecule has 0 bridgehead atoms. The summed E-state index contributed by atoms with van der Waals surface area (Å²) in [5, 5.41) is 5.64. The largest absolute Gasteiger partial charge is 0.461 e. The SMILES string of the molecule is CCCCCCCC(=O)NC(=S)N1CCNC(=O)C1CC(=O)OCc1ccccc1. The van der Waals surface area contributed by atoms with Crippen LogP contribution in [-0.4, -0.2) is 46.9 Å². The van der Waals surface area contributed by atoms with Gasteiger partial charge in [0.15, 0.2) is 5.11 Å². The van der Waals surface area contributed by atoms with Crippen LogP contribution in [-0.2, 0) is 25.7 Å². The van der Waals surface area contributed by atoms with Gasteiger partial charge in [-0.2, -0.15) is 0 Å². The van der Waals surface area contributed by atoms with Crippen LogP contribution in [0.25, 0.3) is 0 Å². The number of carbonyl (C=O) groups excluding carboxylic acids is 3. The summed E-state index contributed by atoms with van der Waals surface area (Å²) in [4.78, 5) is 38.4. The van der Waals surface area contributed by atoms with Gasteiger partial charge in [-0.25, -0.2) is 0 Å². The molecule has 1 aliphatic rings. The number of amides is 2. The number of benzene rings is 1. The number of hydrogen-bond donors (Lipinski definition) is 2. The Morgan fingerprint density at radius 3 is 2.67 bits per heavy atom. The highest BCUT2D eigenvalue weighted by Crippen LogP contribution is 2.12. The number of nitrogens with zero attached hydrogens (tertiary/aromatic N) is 1. The van der Waals surface area contributed by atoms with Gasteiger partial charge in [-0.05, 0) is 24.2 Å². The van der Waals surface area contributed by atoms with Gasteiger partial charge in [0.1, 0.15) is 12.6 Å². The quantitative estimate of drug-likeness (QED) is 0.335. The highest BCUT2D eigenvalue weighted by molar-refractivity contribution is 7.80. The fraction of sp³-hybridized carbons (Fsp3) is 0.545. The van der Waals surface area contributed by atoms with Gasteiger partial charge in [-0.1, -0.05) is 62.9 Å². The number of nitrogens with one attached hydrogen (secondary N) is 2. The Balaban J connectivity index is 1.83. The monoisotopic (exact) mass is 433 g/mol. The van der Waals surface area contributed by atoms with E-state index in [4.69, 9.17) is 17.0 Å². The lowest BCUT2D eigenvalue weighted by Gasteiger charge is -2.36. The predicted octanol–water partition coefficient (Wildman–Crippen LogP) is 2.68. The van der Waals surface area contributed by atoms with E-state index in [9.17, 15) is 14.4 Å². The van der Waals surface area contributed by atoms with Crippen molar-refractivity contribution in [3.63, 3.8) is 0 Å². The lowest BCUT2D eigenvalue weighted by molar-refractivity contribution is -0.148. The van der Waals surface area contributed by atoms with Crippen LogP contribution in [0.15, 0.2) is 30.3 Å². The molecule has 0 saturated carbocycles. The van der Waals surface area contributed by atoms with E-state index in [2.05, 4.69) is 17.6 Å². The van der Waals surface area contributed by atoms with Gasteiger partial charge in [0.2, 0.25) is 11.8 Å². The number of thiocarbonyl (C=S) groups is 1. The lowest BCUT2D eigenvalue weighted by atomic mass is 10.1. The van der Waals surface area contributed by atoms with Gasteiger partial charge < -0.3 is 20.3 Å². The average molecular weight is 434 g/mol. The fourth-order valence-electron chi connectivity index (χ4n) is 3.26. The van der Waals surface area contributed by atoms with Crippen LogP contribution in [0.2, 0.25) is 0 Å². The van der Waals surface area contributed by atoms with Gasteiger partial charge in [-0.3, -0.25) is 14.4 Å². The minimum absolute atomic E-state index is 0.133. The number of ether oxygens (including phenoxy) is 1. The van der Waals surface area contributed by atoms with Gasteiger partial charge in [0.05, 0.1) is 6.42 Å². The second-order valence-electron chi connectivity index (χ2n) is 7.37. The highest BCUT2D eigenvalue weighted by atomic mass is 32.1. The van der Waals surface area contributed by atoms with Crippen molar-refractivity contribution in [2.45, 2.75) is 64.5 Å². The van der Waals surface area contributed by atoms with Crippen molar-refractivity contribution >= 4 is 35.1 Å². The number of esters is 1. The summed E-state index contributed by atoms with van der Waals surface area (Å²) in [5.74, 6) is -0.946. The molecule has 0 radical (unpaired) electrons. The maximum Gasteiger partial charge on any atom is 0.308 e. The Morgan fingerprint density at radius 1 is 1.20 bits per heavy atom. The van der Waals surface area contributed by atoms with Gasteiger partial charge in [0.25, 0.3) is 0 Å². The first-order valence-corrected chi connectivity index (χ1v) is 11.0. The summed E-state index contributed by atoms with van der Waals surface area (Å²) in [6, 6.07) is 8.55. The zero-order valence-electron chi connectivity index (χ0n) is 17.5. The topological polar surface area (TPSA) is 87.7 Å². The summed E-state index contributed by atoms with van der Waals surface area (Å²) in [7, 11) is 0. The maximum atomic E-state index is 12.3. The molecular weight excluding hydrogens is 402 g/mol. The number of carbonyl (C=O) groups is 3. The van der Waals surface area contributed by atoms with Crippen LogP contribution in [0.3, 0.4) is 0 Å². The molecule has 8 heteroatoms. The Labute approximate surface area is 183 Å². The minimum Gasteiger partial charge on any atom is -0.461 e. The van der Waals surface area contributed by atoms with E-state index >= 15 is 0 Å². The number of piperazine rings is 1. The summed E-state index contributed by atoms with van der Waals surface area (Å²) < 4.78 is 5.30. The normalized spacial score (nSPS) is 16.0. The molecule has 0 aliphatic carbocycles. The molecule has 2 N–H and O–H groups in total. The van der Waals surface area contributed by atoms with Crippen molar-refractivity contribution in [3.8, 4) is 0 Å². The molecule has 30 heavy (non-hydrogen) atoms. The molecule has 1 saturated heterocycles. The second-order valence-corrected chi connectivity index (χ2v) is 7.75. The predicted molar refractivity (Wildman–Crippen MR) is 118 cm³/mol. The number of rotatable bonds is 10. The van der Waals surface area contributed by atoms with E-state index in [-0.39, 0.29) is 30.0 Å². The number of unbranched alkanes of at least 4 members (excludes halogenated alkanes) is 4. The van der Waals surface area contributed by atoms with Crippen LogP contribution in [0, 0.1) is 0 Å². The molecule has 1 aliphatic heterocycles. The molecule has 2 amide bonds. The Morgan fingerprint density at radius 2 is 1.93 bits per heavy atom. The van der Waals surface area contributed by atoms with E-state index in [1.54, 1.807) is 4.90 Å². The molecule has 1 aromatic rings. The van der Waals surface area contributed by atoms with Crippen molar-refractivity contribution in [1.29, 1.82) is 0 Å². The third-order valence-electron chi connectivity index (χ3n) is 4.95. The van der Waals surface area contributed by atoms with Crippen LogP contribution >= 0.6 is 12.2 Å². The van der Waals surface area contributed by atoms with E-state index < -0.39 is 12.0 Å². The minimum atomic E-state index is -0.792. The molecule has 1 heterocycles. The van der Waals surface area contributed by atoms with Crippen LogP contribution in [0.4, 0.5) is 0 Å². The first-order chi connectivity index (χ1) is 14.5. The van der Waals surface area contributed by atoms with Crippen molar-refractivity contribution in [3.05, 3.63) is 35.9 Å². The third-order valence-corrected chi connectivity index (χ3v) is 5.28. The summed E-state index contributed by atoms with van der Waals surface area (Å²) in [6.45, 7) is 3.13. The molecule has 1 unspecified atom stereocenters. The Bertz CT molecular complexity index is 726. The second kappa shape index (κ2) is 13.0. The van der Waals surface area contributed by atoms with Gasteiger partial charge in [-0.15, -0.1) is 0 Å². The third kappa shape index (κ3) is 8.10. The molecule has 2 rings (SSSR count). The van der Waals surface area contributed by atoms with Crippen LogP contribution in [0.5, 0.6) is 0 Å². The van der Waals surface area contributed by atoms with E-state index in [1.807, 2.05) is 30.3 Å². The Kier molecular flexibility index (Phi) is 10.3. The summed E-state index contributed by atoms with van der Waals surface area (Å²) >= 11 is 5.36. The van der Waals surface area contributed by atoms with Crippen LogP contribution < -0.4 is 10.6 Å². The standard InChI is InChI=1S/C22H31N3O4S/c1-2-3-4-5-9-12-19(26)24-22(30)25-14-13-23-21(28)18(25)15-20(27)29-16-17-10-7-6-8-11-17/h6-8,10-11,18H,2-5,9,12-16H2,1H3,(H,23,28)(H,24,26,30). The fourth-order valence-corrected chi connectivity index (χ4v) is 3.59. The summed E-state index contributed by atoms with van der Waals surface area (Å²) in [5.41, 5.74) is 0.873. The van der Waals surface area contributed by atoms with Crippen LogP contribution in [0.1, 0.15) is 57.4 Å². The average Bonchev–Trinajstić information content (AvgIpc) is 2.74. The van der Waals surface area contributed by atoms with Gasteiger partial charge >= 0.3 is 5.97 Å². The first-order valence-electron chi connectivity index (χ1n) is 10.6. The van der Waals surface area contributed by atoms with Crippen molar-refractivity contribution < 1.29 is 19.1 Å². The highest BCUT2D eigenvalue weighted by Gasteiger charge is 2.34. The van der Waals surface area contributed by atoms with Crippen molar-refractivity contribution in [2.75, 3.05) is 13.1 Å². The molecule has 1 atom stereocenters. The first kappa shape index (κ1) is 23.8. The molecular formula is C22H31N3O4S. The van der Waals surface area contributed by atoms with Gasteiger partial charge in [0, 0.05) is 19.5 Å². The van der Waals surface area contributed by atoms with E-state index in [0.717, 1.165) is 31.2 Å². The zero-order chi connectivity index (χ0) is 21.8. The van der Waals surface area contributed by atoms with E-state index in [0.29, 0.717) is 19.5 Å². The lowest BCUT2D eigenvalue weighted by Crippen LogP contribution is -2.60. The molecule has 164 valence electrons. The zero-order valence-corrected chi connectivity index (χ0v) is 18.3. The smallest absolute Gasteiger partial charge is 0.308 e. The Hall–Kier alpha value is -2.48. The van der Waals surface area contributed by atoms with E-state index in [1.165, 1.54) is 6.42 Å². The molecule has 0 aromatic heterocycles. The molecule has 0 spiro atoms. The van der Waals surface area contributed by atoms with Crippen molar-refractivity contribution in [2.24, 2.45) is 0 Å². The van der Waals surface area contributed by atoms with Crippen molar-refractivity contribution in [1.82, 2.24) is 15.5 Å². The molecule has 1 aromatic carbocycles. The molecule has 7 nitrogen and oxygen atoms in total. The summed E-state index contributed by atoms with van der Waals surface area (Å²) in [6.07, 6.45) is 5.53. The molecule has 1 fully saturated rings. The maximum absolute atomic E-state index is 12.3. The number of hydrogen-bond acceptors (Lipinski definition) is 5.